The van der Waals surface area contributed by atoms with Gasteiger partial charge in [0.05, 0.1) is 6.04 Å². The Labute approximate surface area is 162 Å². The lowest BCUT2D eigenvalue weighted by molar-refractivity contribution is 0.0721. The molecule has 0 N–H and O–H groups in total. The molecule has 1 atom stereocenters. The molecule has 0 radical (unpaired) electrons. The molecular weight excluding hydrogens is 357 g/mol. The molecule has 1 heterocycles. The normalized spacial score (nSPS) is 15.3. The van der Waals surface area contributed by atoms with Gasteiger partial charge >= 0.3 is 0 Å². The summed E-state index contributed by atoms with van der Waals surface area (Å²) in [6.45, 7) is 1.66. The predicted octanol–water partition coefficient (Wildman–Crippen LogP) is 3.44. The first kappa shape index (κ1) is 18.1. The lowest BCUT2D eigenvalue weighted by atomic mass is 10.1. The number of carbonyl (C=O) groups excluding carboxylic acids is 1. The summed E-state index contributed by atoms with van der Waals surface area (Å²) in [6.07, 6.45) is 1.69. The van der Waals surface area contributed by atoms with E-state index in [0.29, 0.717) is 5.69 Å². The molecule has 142 valence electrons. The van der Waals surface area contributed by atoms with Crippen LogP contribution in [0.15, 0.2) is 59.4 Å². The zero-order valence-corrected chi connectivity index (χ0v) is 15.7. The fourth-order valence-electron chi connectivity index (χ4n) is 3.81. The SMILES string of the molecule is Cc1cc(=O)c(C(=O)N(C)C2CCc3ccccc32)nn1-c1ccccc1F. The third-order valence-corrected chi connectivity index (χ3v) is 5.28. The number of halogens is 1. The van der Waals surface area contributed by atoms with Crippen LogP contribution in [0.5, 0.6) is 0 Å². The fourth-order valence-corrected chi connectivity index (χ4v) is 3.81. The molecule has 0 saturated carbocycles. The van der Waals surface area contributed by atoms with Crippen molar-refractivity contribution < 1.29 is 9.18 Å². The van der Waals surface area contributed by atoms with E-state index in [1.807, 2.05) is 18.2 Å². The molecule has 1 aromatic heterocycles. The van der Waals surface area contributed by atoms with Gasteiger partial charge in [0.15, 0.2) is 5.69 Å². The minimum atomic E-state index is -0.474. The monoisotopic (exact) mass is 377 g/mol. The van der Waals surface area contributed by atoms with Crippen molar-refractivity contribution in [3.05, 3.63) is 93.2 Å². The van der Waals surface area contributed by atoms with Crippen LogP contribution in [0, 0.1) is 12.7 Å². The Morgan fingerprint density at radius 2 is 1.89 bits per heavy atom. The van der Waals surface area contributed by atoms with Crippen LogP contribution in [0.25, 0.3) is 5.69 Å². The van der Waals surface area contributed by atoms with Gasteiger partial charge in [0.2, 0.25) is 5.43 Å². The van der Waals surface area contributed by atoms with Crippen LogP contribution in [0.4, 0.5) is 4.39 Å². The second kappa shape index (κ2) is 7.03. The number of aryl methyl sites for hydroxylation is 2. The molecule has 1 amide bonds. The second-order valence-corrected chi connectivity index (χ2v) is 7.03. The standard InChI is InChI=1S/C22H20FN3O2/c1-14-13-20(27)21(24-26(14)19-10-6-5-9-17(19)23)22(28)25(2)18-12-11-15-7-3-4-8-16(15)18/h3-10,13,18H,11-12H2,1-2H3. The second-order valence-electron chi connectivity index (χ2n) is 7.03. The zero-order chi connectivity index (χ0) is 19.8. The smallest absolute Gasteiger partial charge is 0.278 e. The molecule has 0 saturated heterocycles. The fraction of sp³-hybridized carbons (Fsp3) is 0.227. The van der Waals surface area contributed by atoms with Gasteiger partial charge in [0.1, 0.15) is 11.5 Å². The summed E-state index contributed by atoms with van der Waals surface area (Å²) in [6, 6.07) is 15.4. The zero-order valence-electron chi connectivity index (χ0n) is 15.7. The van der Waals surface area contributed by atoms with Crippen molar-refractivity contribution in [3.8, 4) is 5.69 Å². The highest BCUT2D eigenvalue weighted by Gasteiger charge is 2.30. The number of fused-ring (bicyclic) bond motifs is 1. The maximum absolute atomic E-state index is 14.2. The average Bonchev–Trinajstić information content (AvgIpc) is 3.12. The average molecular weight is 377 g/mol. The Morgan fingerprint density at radius 3 is 2.68 bits per heavy atom. The Balaban J connectivity index is 1.73. The summed E-state index contributed by atoms with van der Waals surface area (Å²) < 4.78 is 15.5. The van der Waals surface area contributed by atoms with Crippen LogP contribution in [-0.4, -0.2) is 27.6 Å². The van der Waals surface area contributed by atoms with Gasteiger partial charge in [-0.05, 0) is 43.0 Å². The van der Waals surface area contributed by atoms with Gasteiger partial charge in [-0.15, -0.1) is 0 Å². The molecule has 3 aromatic rings. The summed E-state index contributed by atoms with van der Waals surface area (Å²) >= 11 is 0. The van der Waals surface area contributed by atoms with Crippen LogP contribution in [-0.2, 0) is 6.42 Å². The molecule has 1 unspecified atom stereocenters. The quantitative estimate of drug-likeness (QED) is 0.703. The van der Waals surface area contributed by atoms with E-state index < -0.39 is 17.2 Å². The number of aromatic nitrogens is 2. The highest BCUT2D eigenvalue weighted by atomic mass is 19.1. The van der Waals surface area contributed by atoms with Crippen molar-refractivity contribution in [2.75, 3.05) is 7.05 Å². The molecule has 0 aliphatic heterocycles. The van der Waals surface area contributed by atoms with Crippen LogP contribution in [0.3, 0.4) is 0 Å². The number of benzene rings is 2. The van der Waals surface area contributed by atoms with E-state index in [9.17, 15) is 14.0 Å². The first-order valence-corrected chi connectivity index (χ1v) is 9.18. The van der Waals surface area contributed by atoms with Gasteiger partial charge < -0.3 is 4.90 Å². The van der Waals surface area contributed by atoms with Crippen molar-refractivity contribution >= 4 is 5.91 Å². The Hall–Kier alpha value is -3.28. The molecular formula is C22H20FN3O2. The highest BCUT2D eigenvalue weighted by molar-refractivity contribution is 5.92. The Morgan fingerprint density at radius 1 is 1.18 bits per heavy atom. The van der Waals surface area contributed by atoms with Crippen molar-refractivity contribution in [2.45, 2.75) is 25.8 Å². The van der Waals surface area contributed by atoms with Crippen LogP contribution in [0.1, 0.15) is 39.8 Å². The van der Waals surface area contributed by atoms with E-state index >= 15 is 0 Å². The van der Waals surface area contributed by atoms with E-state index in [-0.39, 0.29) is 17.4 Å². The molecule has 0 fully saturated rings. The summed E-state index contributed by atoms with van der Waals surface area (Å²) in [5.74, 6) is -0.935. The molecule has 28 heavy (non-hydrogen) atoms. The topological polar surface area (TPSA) is 55.2 Å². The van der Waals surface area contributed by atoms with Crippen molar-refractivity contribution in [1.82, 2.24) is 14.7 Å². The van der Waals surface area contributed by atoms with E-state index in [1.54, 1.807) is 37.1 Å². The minimum Gasteiger partial charge on any atom is -0.333 e. The van der Waals surface area contributed by atoms with Crippen LogP contribution in [0.2, 0.25) is 0 Å². The first-order chi connectivity index (χ1) is 13.5. The van der Waals surface area contributed by atoms with Gasteiger partial charge in [0.25, 0.3) is 5.91 Å². The molecule has 1 aliphatic carbocycles. The largest absolute Gasteiger partial charge is 0.333 e. The molecule has 5 nitrogen and oxygen atoms in total. The minimum absolute atomic E-state index is 0.104. The molecule has 0 bridgehead atoms. The van der Waals surface area contributed by atoms with Gasteiger partial charge in [0, 0.05) is 18.8 Å². The third kappa shape index (κ3) is 3.01. The summed E-state index contributed by atoms with van der Waals surface area (Å²) in [4.78, 5) is 27.2. The molecule has 4 rings (SSSR count). The number of amides is 1. The van der Waals surface area contributed by atoms with Crippen molar-refractivity contribution in [3.63, 3.8) is 0 Å². The van der Waals surface area contributed by atoms with Crippen LogP contribution >= 0.6 is 0 Å². The van der Waals surface area contributed by atoms with E-state index in [4.69, 9.17) is 0 Å². The highest BCUT2D eigenvalue weighted by Crippen LogP contribution is 2.35. The molecule has 2 aromatic carbocycles. The molecule has 0 spiro atoms. The number of nitrogens with zero attached hydrogens (tertiary/aromatic N) is 3. The summed E-state index contributed by atoms with van der Waals surface area (Å²) in [5, 5.41) is 4.22. The summed E-state index contributed by atoms with van der Waals surface area (Å²) in [5.41, 5.74) is 2.30. The van der Waals surface area contributed by atoms with E-state index in [1.165, 1.54) is 22.4 Å². The van der Waals surface area contributed by atoms with Crippen LogP contribution < -0.4 is 5.43 Å². The van der Waals surface area contributed by atoms with Crippen molar-refractivity contribution in [2.24, 2.45) is 0 Å². The Kier molecular flexibility index (Phi) is 4.55. The van der Waals surface area contributed by atoms with Gasteiger partial charge in [-0.25, -0.2) is 9.07 Å². The van der Waals surface area contributed by atoms with Gasteiger partial charge in [-0.3, -0.25) is 9.59 Å². The molecule has 6 heteroatoms. The Bertz CT molecular complexity index is 1120. The maximum Gasteiger partial charge on any atom is 0.278 e. The number of para-hydroxylation sites is 1. The number of hydrogen-bond donors (Lipinski definition) is 0. The first-order valence-electron chi connectivity index (χ1n) is 9.18. The maximum atomic E-state index is 14.2. The van der Waals surface area contributed by atoms with Gasteiger partial charge in [-0.2, -0.15) is 5.10 Å². The molecule has 1 aliphatic rings. The predicted molar refractivity (Wildman–Crippen MR) is 104 cm³/mol. The van der Waals surface area contributed by atoms with E-state index in [2.05, 4.69) is 11.2 Å². The number of hydrogen-bond acceptors (Lipinski definition) is 3. The number of carbonyl (C=O) groups is 1. The van der Waals surface area contributed by atoms with Crippen molar-refractivity contribution in [1.29, 1.82) is 0 Å². The lowest BCUT2D eigenvalue weighted by Crippen LogP contribution is -2.35. The van der Waals surface area contributed by atoms with E-state index in [0.717, 1.165) is 18.4 Å². The van der Waals surface area contributed by atoms with Gasteiger partial charge in [-0.1, -0.05) is 36.4 Å². The summed E-state index contributed by atoms with van der Waals surface area (Å²) in [7, 11) is 1.68. The lowest BCUT2D eigenvalue weighted by Gasteiger charge is -2.25. The third-order valence-electron chi connectivity index (χ3n) is 5.28. The number of rotatable bonds is 3.